The molecule has 7 nitrogen and oxygen atoms in total. The van der Waals surface area contributed by atoms with Crippen LogP contribution in [0.4, 0.5) is 0 Å². The highest BCUT2D eigenvalue weighted by molar-refractivity contribution is 5.93. The zero-order valence-corrected chi connectivity index (χ0v) is 13.8. The Labute approximate surface area is 139 Å². The number of carbonyl (C=O) groups excluding carboxylic acids is 1. The molecule has 0 aromatic carbocycles. The number of hydrogen-bond donors (Lipinski definition) is 1. The Morgan fingerprint density at radius 3 is 2.67 bits per heavy atom. The number of pyridine rings is 1. The molecule has 1 atom stereocenters. The first-order chi connectivity index (χ1) is 11.6. The van der Waals surface area contributed by atoms with Crippen LogP contribution in [0.5, 0.6) is 0 Å². The van der Waals surface area contributed by atoms with Crippen LogP contribution in [0.3, 0.4) is 0 Å². The lowest BCUT2D eigenvalue weighted by atomic mass is 10.2. The SMILES string of the molecule is CC(C)n1cccc1C(=O)N[C@@H](C)c1nc(-c2ccncc2)no1. The molecule has 0 unspecified atom stereocenters. The minimum Gasteiger partial charge on any atom is -0.341 e. The second-order valence-corrected chi connectivity index (χ2v) is 5.78. The van der Waals surface area contributed by atoms with Gasteiger partial charge in [-0.05, 0) is 45.0 Å². The van der Waals surface area contributed by atoms with E-state index in [1.165, 1.54) is 0 Å². The molecule has 0 fully saturated rings. The van der Waals surface area contributed by atoms with E-state index in [1.807, 2.05) is 37.6 Å². The van der Waals surface area contributed by atoms with Gasteiger partial charge in [-0.15, -0.1) is 0 Å². The summed E-state index contributed by atoms with van der Waals surface area (Å²) in [7, 11) is 0. The molecule has 124 valence electrons. The zero-order chi connectivity index (χ0) is 17.1. The first-order valence-corrected chi connectivity index (χ1v) is 7.78. The summed E-state index contributed by atoms with van der Waals surface area (Å²) in [6.45, 7) is 5.86. The van der Waals surface area contributed by atoms with Crippen molar-refractivity contribution in [3.63, 3.8) is 0 Å². The van der Waals surface area contributed by atoms with Crippen molar-refractivity contribution in [1.29, 1.82) is 0 Å². The summed E-state index contributed by atoms with van der Waals surface area (Å²) in [5.74, 6) is 0.654. The van der Waals surface area contributed by atoms with Crippen molar-refractivity contribution in [3.8, 4) is 11.4 Å². The number of aromatic nitrogens is 4. The van der Waals surface area contributed by atoms with Crippen LogP contribution in [-0.2, 0) is 0 Å². The van der Waals surface area contributed by atoms with Gasteiger partial charge in [0.15, 0.2) is 0 Å². The van der Waals surface area contributed by atoms with Crippen LogP contribution in [-0.4, -0.2) is 25.6 Å². The minimum atomic E-state index is -0.393. The van der Waals surface area contributed by atoms with E-state index in [0.717, 1.165) is 5.56 Å². The smallest absolute Gasteiger partial charge is 0.268 e. The highest BCUT2D eigenvalue weighted by Gasteiger charge is 2.20. The fraction of sp³-hybridized carbons (Fsp3) is 0.294. The summed E-state index contributed by atoms with van der Waals surface area (Å²) in [4.78, 5) is 20.8. The van der Waals surface area contributed by atoms with E-state index in [2.05, 4.69) is 20.4 Å². The molecule has 0 spiro atoms. The van der Waals surface area contributed by atoms with Crippen LogP contribution in [0.1, 0.15) is 49.2 Å². The topological polar surface area (TPSA) is 85.8 Å². The standard InChI is InChI=1S/C17H19N5O2/c1-11(2)22-10-4-5-14(22)16(23)19-12(3)17-20-15(21-24-17)13-6-8-18-9-7-13/h4-12H,1-3H3,(H,19,23)/t12-/m0/s1. The third-order valence-corrected chi connectivity index (χ3v) is 3.67. The van der Waals surface area contributed by atoms with Gasteiger partial charge in [-0.3, -0.25) is 9.78 Å². The number of nitrogens with one attached hydrogen (secondary N) is 1. The summed E-state index contributed by atoms with van der Waals surface area (Å²) < 4.78 is 7.19. The fourth-order valence-corrected chi connectivity index (χ4v) is 2.40. The van der Waals surface area contributed by atoms with Crippen LogP contribution < -0.4 is 5.32 Å². The van der Waals surface area contributed by atoms with E-state index in [9.17, 15) is 4.79 Å². The van der Waals surface area contributed by atoms with Crippen LogP contribution >= 0.6 is 0 Å². The Morgan fingerprint density at radius 2 is 1.96 bits per heavy atom. The maximum atomic E-state index is 12.5. The van der Waals surface area contributed by atoms with Gasteiger partial charge in [-0.2, -0.15) is 4.98 Å². The van der Waals surface area contributed by atoms with Gasteiger partial charge in [0.05, 0.1) is 0 Å². The lowest BCUT2D eigenvalue weighted by Crippen LogP contribution is -2.29. The average molecular weight is 325 g/mol. The van der Waals surface area contributed by atoms with Crippen LogP contribution in [0.25, 0.3) is 11.4 Å². The van der Waals surface area contributed by atoms with Gasteiger partial charge < -0.3 is 14.4 Å². The molecule has 0 radical (unpaired) electrons. The van der Waals surface area contributed by atoms with Crippen molar-refractivity contribution < 1.29 is 9.32 Å². The summed E-state index contributed by atoms with van der Waals surface area (Å²) >= 11 is 0. The van der Waals surface area contributed by atoms with Crippen molar-refractivity contribution in [2.45, 2.75) is 32.9 Å². The fourth-order valence-electron chi connectivity index (χ4n) is 2.40. The number of rotatable bonds is 5. The summed E-state index contributed by atoms with van der Waals surface area (Å²) in [6, 6.07) is 7.06. The maximum absolute atomic E-state index is 12.5. The van der Waals surface area contributed by atoms with Gasteiger partial charge in [0.2, 0.25) is 11.7 Å². The summed E-state index contributed by atoms with van der Waals surface area (Å²) in [6.07, 6.45) is 5.21. The number of nitrogens with zero attached hydrogens (tertiary/aromatic N) is 4. The molecule has 24 heavy (non-hydrogen) atoms. The van der Waals surface area contributed by atoms with E-state index in [1.54, 1.807) is 30.6 Å². The largest absolute Gasteiger partial charge is 0.341 e. The molecule has 0 aliphatic heterocycles. The summed E-state index contributed by atoms with van der Waals surface area (Å²) in [5, 5.41) is 6.84. The number of carbonyl (C=O) groups is 1. The van der Waals surface area contributed by atoms with Gasteiger partial charge in [0, 0.05) is 30.2 Å². The molecule has 3 rings (SSSR count). The molecule has 0 saturated heterocycles. The highest BCUT2D eigenvalue weighted by Crippen LogP contribution is 2.18. The van der Waals surface area contributed by atoms with Crippen LogP contribution in [0.2, 0.25) is 0 Å². The summed E-state index contributed by atoms with van der Waals surface area (Å²) in [5.41, 5.74) is 1.41. The van der Waals surface area contributed by atoms with Gasteiger partial charge in [-0.1, -0.05) is 5.16 Å². The molecule has 0 saturated carbocycles. The van der Waals surface area contributed by atoms with Gasteiger partial charge in [0.1, 0.15) is 11.7 Å². The first kappa shape index (κ1) is 15.9. The Bertz CT molecular complexity index is 822. The maximum Gasteiger partial charge on any atom is 0.268 e. The van der Waals surface area contributed by atoms with Crippen molar-refractivity contribution in [2.75, 3.05) is 0 Å². The van der Waals surface area contributed by atoms with Crippen LogP contribution in [0, 0.1) is 0 Å². The number of amides is 1. The minimum absolute atomic E-state index is 0.176. The average Bonchev–Trinajstić information content (AvgIpc) is 3.25. The van der Waals surface area contributed by atoms with Crippen molar-refractivity contribution >= 4 is 5.91 Å². The molecule has 0 aliphatic rings. The molecule has 7 heteroatoms. The molecule has 1 N–H and O–H groups in total. The van der Waals surface area contributed by atoms with E-state index in [0.29, 0.717) is 17.4 Å². The van der Waals surface area contributed by atoms with Crippen molar-refractivity contribution in [3.05, 3.63) is 54.4 Å². The van der Waals surface area contributed by atoms with E-state index in [-0.39, 0.29) is 11.9 Å². The molecule has 0 aliphatic carbocycles. The predicted molar refractivity (Wildman–Crippen MR) is 88.2 cm³/mol. The number of hydrogen-bond acceptors (Lipinski definition) is 5. The molecule has 3 heterocycles. The molecular formula is C17H19N5O2. The monoisotopic (exact) mass is 325 g/mol. The van der Waals surface area contributed by atoms with Gasteiger partial charge >= 0.3 is 0 Å². The Kier molecular flexibility index (Phi) is 4.41. The van der Waals surface area contributed by atoms with Crippen molar-refractivity contribution in [2.24, 2.45) is 0 Å². The van der Waals surface area contributed by atoms with E-state index in [4.69, 9.17) is 4.52 Å². The highest BCUT2D eigenvalue weighted by atomic mass is 16.5. The lowest BCUT2D eigenvalue weighted by molar-refractivity contribution is 0.0921. The van der Waals surface area contributed by atoms with Gasteiger partial charge in [-0.25, -0.2) is 0 Å². The lowest BCUT2D eigenvalue weighted by Gasteiger charge is -2.14. The van der Waals surface area contributed by atoms with Crippen LogP contribution in [0.15, 0.2) is 47.4 Å². The molecular weight excluding hydrogens is 306 g/mol. The third kappa shape index (κ3) is 3.19. The zero-order valence-electron chi connectivity index (χ0n) is 13.8. The van der Waals surface area contributed by atoms with Gasteiger partial charge in [0.25, 0.3) is 5.91 Å². The third-order valence-electron chi connectivity index (χ3n) is 3.67. The Balaban J connectivity index is 1.73. The normalized spacial score (nSPS) is 12.3. The van der Waals surface area contributed by atoms with E-state index >= 15 is 0 Å². The quantitative estimate of drug-likeness (QED) is 0.779. The first-order valence-electron chi connectivity index (χ1n) is 7.78. The second-order valence-electron chi connectivity index (χ2n) is 5.78. The van der Waals surface area contributed by atoms with Crippen molar-refractivity contribution in [1.82, 2.24) is 25.0 Å². The Morgan fingerprint density at radius 1 is 1.21 bits per heavy atom. The molecule has 3 aromatic rings. The molecule has 0 bridgehead atoms. The predicted octanol–water partition coefficient (Wildman–Crippen LogP) is 3.01. The molecule has 1 amide bonds. The Hall–Kier alpha value is -2.96. The molecule has 3 aromatic heterocycles. The van der Waals surface area contributed by atoms with E-state index < -0.39 is 6.04 Å². The second kappa shape index (κ2) is 6.66.